The molecule has 1 aliphatic carbocycles. The van der Waals surface area contributed by atoms with Crippen molar-refractivity contribution in [2.75, 3.05) is 38.2 Å². The Kier molecular flexibility index (Phi) is 5.32. The summed E-state index contributed by atoms with van der Waals surface area (Å²) < 4.78 is 9.70. The number of carbonyl (C=O) groups excluding carboxylic acids is 1. The number of urea groups is 1. The van der Waals surface area contributed by atoms with Crippen LogP contribution in [0, 0.1) is 6.92 Å². The van der Waals surface area contributed by atoms with E-state index in [2.05, 4.69) is 19.6 Å². The molecule has 2 amide bonds. The van der Waals surface area contributed by atoms with Crippen LogP contribution in [-0.4, -0.2) is 65.7 Å². The minimum absolute atomic E-state index is 0.0363. The van der Waals surface area contributed by atoms with Gasteiger partial charge in [0.05, 0.1) is 12.1 Å². The Morgan fingerprint density at radius 2 is 2.13 bits per heavy atom. The van der Waals surface area contributed by atoms with Gasteiger partial charge in [-0.25, -0.2) is 9.78 Å². The van der Waals surface area contributed by atoms with Crippen LogP contribution in [0.25, 0.3) is 0 Å². The number of amides is 2. The second-order valence-corrected chi connectivity index (χ2v) is 6.94. The van der Waals surface area contributed by atoms with Crippen LogP contribution in [0.5, 0.6) is 0 Å². The monoisotopic (exact) mass is 339 g/mol. The number of nitrogens with zero attached hydrogens (tertiary/aromatic N) is 4. The number of methoxy groups -OCH3 is 1. The molecular formula is C15H25N5O2S. The Morgan fingerprint density at radius 1 is 1.26 bits per heavy atom. The van der Waals surface area contributed by atoms with E-state index >= 15 is 0 Å². The van der Waals surface area contributed by atoms with Gasteiger partial charge in [0.1, 0.15) is 5.82 Å². The van der Waals surface area contributed by atoms with Gasteiger partial charge in [-0.2, -0.15) is 4.37 Å². The van der Waals surface area contributed by atoms with E-state index < -0.39 is 0 Å². The summed E-state index contributed by atoms with van der Waals surface area (Å²) in [6.45, 7) is 5.13. The summed E-state index contributed by atoms with van der Waals surface area (Å²) in [5.74, 6) is 0.815. The summed E-state index contributed by atoms with van der Waals surface area (Å²) in [4.78, 5) is 21.1. The molecular weight excluding hydrogens is 314 g/mol. The zero-order valence-electron chi connectivity index (χ0n) is 13.8. The van der Waals surface area contributed by atoms with Crippen LogP contribution in [0.15, 0.2) is 0 Å². The van der Waals surface area contributed by atoms with Gasteiger partial charge in [-0.1, -0.05) is 0 Å². The minimum atomic E-state index is 0.0363. The number of carbonyl (C=O) groups is 1. The van der Waals surface area contributed by atoms with Crippen molar-refractivity contribution in [3.05, 3.63) is 5.82 Å². The van der Waals surface area contributed by atoms with Gasteiger partial charge in [-0.15, -0.1) is 0 Å². The van der Waals surface area contributed by atoms with Gasteiger partial charge in [0, 0.05) is 44.8 Å². The number of anilines is 1. The van der Waals surface area contributed by atoms with Gasteiger partial charge in [-0.05, 0) is 32.6 Å². The predicted octanol–water partition coefficient (Wildman–Crippen LogP) is 1.64. The van der Waals surface area contributed by atoms with Crippen LogP contribution >= 0.6 is 11.5 Å². The van der Waals surface area contributed by atoms with Gasteiger partial charge in [0.2, 0.25) is 5.13 Å². The molecule has 0 unspecified atom stereocenters. The first-order chi connectivity index (χ1) is 11.2. The highest BCUT2D eigenvalue weighted by Gasteiger charge is 2.30. The van der Waals surface area contributed by atoms with Gasteiger partial charge in [0.15, 0.2) is 0 Å². The molecule has 1 saturated heterocycles. The number of aromatic nitrogens is 2. The van der Waals surface area contributed by atoms with Crippen molar-refractivity contribution in [2.24, 2.45) is 0 Å². The SMILES string of the molecule is CO[C@@H]1CCC[C@H]1NC(=O)N1CCCN(c2nc(C)ns2)CC1. The van der Waals surface area contributed by atoms with E-state index in [-0.39, 0.29) is 18.2 Å². The van der Waals surface area contributed by atoms with E-state index in [1.54, 1.807) is 7.11 Å². The molecule has 0 aromatic carbocycles. The van der Waals surface area contributed by atoms with Crippen molar-refractivity contribution in [3.63, 3.8) is 0 Å². The molecule has 2 heterocycles. The van der Waals surface area contributed by atoms with Crippen LogP contribution in [0.3, 0.4) is 0 Å². The van der Waals surface area contributed by atoms with Gasteiger partial charge < -0.3 is 19.9 Å². The lowest BCUT2D eigenvalue weighted by atomic mass is 10.2. The Hall–Kier alpha value is -1.41. The zero-order valence-corrected chi connectivity index (χ0v) is 14.6. The lowest BCUT2D eigenvalue weighted by Gasteiger charge is -2.26. The largest absolute Gasteiger partial charge is 0.379 e. The number of aryl methyl sites for hydroxylation is 1. The maximum Gasteiger partial charge on any atom is 0.317 e. The van der Waals surface area contributed by atoms with Crippen LogP contribution in [0.4, 0.5) is 9.93 Å². The molecule has 7 nitrogen and oxygen atoms in total. The summed E-state index contributed by atoms with van der Waals surface area (Å²) >= 11 is 1.43. The second-order valence-electron chi connectivity index (χ2n) is 6.21. The Balaban J connectivity index is 1.54. The van der Waals surface area contributed by atoms with E-state index in [1.165, 1.54) is 11.5 Å². The molecule has 2 fully saturated rings. The fourth-order valence-corrected chi connectivity index (χ4v) is 4.08. The van der Waals surface area contributed by atoms with Crippen LogP contribution in [0.1, 0.15) is 31.5 Å². The zero-order chi connectivity index (χ0) is 16.2. The normalized spacial score (nSPS) is 25.5. The van der Waals surface area contributed by atoms with E-state index in [4.69, 9.17) is 4.74 Å². The molecule has 0 spiro atoms. The quantitative estimate of drug-likeness (QED) is 0.906. The molecule has 2 atom stereocenters. The molecule has 0 radical (unpaired) electrons. The minimum Gasteiger partial charge on any atom is -0.379 e. The van der Waals surface area contributed by atoms with Crippen molar-refractivity contribution < 1.29 is 9.53 Å². The first-order valence-corrected chi connectivity index (χ1v) is 9.08. The van der Waals surface area contributed by atoms with Crippen molar-refractivity contribution in [1.29, 1.82) is 0 Å². The summed E-state index contributed by atoms with van der Waals surface area (Å²) in [6, 6.07) is 0.187. The van der Waals surface area contributed by atoms with E-state index in [0.717, 1.165) is 62.8 Å². The second kappa shape index (κ2) is 7.44. The molecule has 1 aromatic rings. The molecule has 2 aliphatic rings. The number of nitrogens with one attached hydrogen (secondary N) is 1. The molecule has 3 rings (SSSR count). The molecule has 1 aliphatic heterocycles. The van der Waals surface area contributed by atoms with Crippen molar-refractivity contribution >= 4 is 22.7 Å². The molecule has 1 saturated carbocycles. The third kappa shape index (κ3) is 3.92. The summed E-state index contributed by atoms with van der Waals surface area (Å²) in [6.07, 6.45) is 4.27. The average Bonchev–Trinajstić information content (AvgIpc) is 3.09. The fourth-order valence-electron chi connectivity index (χ4n) is 3.35. The van der Waals surface area contributed by atoms with E-state index in [9.17, 15) is 4.79 Å². The predicted molar refractivity (Wildman–Crippen MR) is 90.0 cm³/mol. The van der Waals surface area contributed by atoms with Crippen molar-refractivity contribution in [3.8, 4) is 0 Å². The van der Waals surface area contributed by atoms with Crippen molar-refractivity contribution in [2.45, 2.75) is 44.8 Å². The van der Waals surface area contributed by atoms with Crippen molar-refractivity contribution in [1.82, 2.24) is 19.6 Å². The molecule has 23 heavy (non-hydrogen) atoms. The Morgan fingerprint density at radius 3 is 2.87 bits per heavy atom. The number of hydrogen-bond donors (Lipinski definition) is 1. The highest BCUT2D eigenvalue weighted by molar-refractivity contribution is 7.09. The lowest BCUT2D eigenvalue weighted by molar-refractivity contribution is 0.0849. The molecule has 1 N–H and O–H groups in total. The highest BCUT2D eigenvalue weighted by atomic mass is 32.1. The van der Waals surface area contributed by atoms with Crippen LogP contribution in [0.2, 0.25) is 0 Å². The lowest BCUT2D eigenvalue weighted by Crippen LogP contribution is -2.48. The number of rotatable bonds is 3. The van der Waals surface area contributed by atoms with Gasteiger partial charge >= 0.3 is 6.03 Å². The third-order valence-electron chi connectivity index (χ3n) is 4.63. The Bertz CT molecular complexity index is 538. The van der Waals surface area contributed by atoms with Gasteiger partial charge in [-0.3, -0.25) is 0 Å². The summed E-state index contributed by atoms with van der Waals surface area (Å²) in [5.41, 5.74) is 0. The van der Waals surface area contributed by atoms with E-state index in [1.807, 2.05) is 11.8 Å². The molecule has 0 bridgehead atoms. The average molecular weight is 339 g/mol. The molecule has 1 aromatic heterocycles. The highest BCUT2D eigenvalue weighted by Crippen LogP contribution is 2.22. The summed E-state index contributed by atoms with van der Waals surface area (Å²) in [5, 5.41) is 4.11. The molecule has 128 valence electrons. The van der Waals surface area contributed by atoms with E-state index in [0.29, 0.717) is 0 Å². The van der Waals surface area contributed by atoms with Gasteiger partial charge in [0.25, 0.3) is 0 Å². The summed E-state index contributed by atoms with van der Waals surface area (Å²) in [7, 11) is 1.73. The maximum atomic E-state index is 12.5. The van der Waals surface area contributed by atoms with Crippen LogP contribution in [-0.2, 0) is 4.74 Å². The first-order valence-electron chi connectivity index (χ1n) is 8.31. The maximum absolute atomic E-state index is 12.5. The third-order valence-corrected chi connectivity index (χ3v) is 5.50. The number of ether oxygens (including phenoxy) is 1. The Labute approximate surface area is 141 Å². The first kappa shape index (κ1) is 16.4. The smallest absolute Gasteiger partial charge is 0.317 e. The molecule has 8 heteroatoms. The topological polar surface area (TPSA) is 70.6 Å². The fraction of sp³-hybridized carbons (Fsp3) is 0.800. The van der Waals surface area contributed by atoms with Crippen LogP contribution < -0.4 is 10.2 Å². The number of hydrogen-bond acceptors (Lipinski definition) is 6. The standard InChI is InChI=1S/C15H25N5O2S/c1-11-16-15(23-18-11)20-8-4-7-19(9-10-20)14(21)17-12-5-3-6-13(12)22-2/h12-13H,3-10H2,1-2H3,(H,17,21)/t12-,13-/m1/s1.